The summed E-state index contributed by atoms with van der Waals surface area (Å²) in [6, 6.07) is 11.9. The van der Waals surface area contributed by atoms with Crippen LogP contribution in [0.2, 0.25) is 0 Å². The van der Waals surface area contributed by atoms with Crippen molar-refractivity contribution >= 4 is 23.4 Å². The Morgan fingerprint density at radius 2 is 1.50 bits per heavy atom. The normalized spacial score (nSPS) is 19.1. The lowest BCUT2D eigenvalue weighted by Crippen LogP contribution is -2.45. The van der Waals surface area contributed by atoms with Crippen LogP contribution in [0.15, 0.2) is 53.2 Å². The molecule has 2 aromatic carbocycles. The van der Waals surface area contributed by atoms with E-state index in [9.17, 15) is 0 Å². The third-order valence-electron chi connectivity index (χ3n) is 5.89. The van der Waals surface area contributed by atoms with E-state index in [2.05, 4.69) is 22.8 Å². The minimum Gasteiger partial charge on any atom is -0.493 e. The number of hydrogen-bond donors (Lipinski definition) is 2. The number of nitrogens with one attached hydrogen (secondary N) is 2. The zero-order valence-corrected chi connectivity index (χ0v) is 19.6. The van der Waals surface area contributed by atoms with Crippen molar-refractivity contribution in [1.29, 1.82) is 0 Å². The van der Waals surface area contributed by atoms with E-state index >= 15 is 0 Å². The fourth-order valence-corrected chi connectivity index (χ4v) is 4.57. The molecule has 0 spiro atoms. The van der Waals surface area contributed by atoms with E-state index in [1.807, 2.05) is 30.3 Å². The second-order valence-corrected chi connectivity index (χ2v) is 8.09. The highest BCUT2D eigenvalue weighted by Gasteiger charge is 2.31. The first-order chi connectivity index (χ1) is 15.6. The Labute approximate surface area is 194 Å². The monoisotopic (exact) mass is 452 g/mol. The molecule has 0 radical (unpaired) electrons. The second kappa shape index (κ2) is 9.53. The molecule has 0 saturated heterocycles. The van der Waals surface area contributed by atoms with Gasteiger partial charge in [-0.15, -0.1) is 0 Å². The van der Waals surface area contributed by atoms with Crippen LogP contribution in [0.4, 0.5) is 0 Å². The molecule has 0 aromatic heterocycles. The largest absolute Gasteiger partial charge is 0.493 e. The van der Waals surface area contributed by atoms with Gasteiger partial charge in [-0.3, -0.25) is 0 Å². The summed E-state index contributed by atoms with van der Waals surface area (Å²) in [4.78, 5) is 0. The molecular weight excluding hydrogens is 424 g/mol. The maximum Gasteiger partial charge on any atom is 0.171 e. The van der Waals surface area contributed by atoms with E-state index in [1.54, 1.807) is 28.4 Å². The van der Waals surface area contributed by atoms with E-state index in [0.29, 0.717) is 28.1 Å². The number of ether oxygens (including phenoxy) is 4. The predicted octanol–water partition coefficient (Wildman–Crippen LogP) is 4.76. The molecule has 0 fully saturated rings. The van der Waals surface area contributed by atoms with E-state index in [1.165, 1.54) is 11.1 Å². The summed E-state index contributed by atoms with van der Waals surface area (Å²) in [6.07, 6.45) is 5.22. The van der Waals surface area contributed by atoms with E-state index < -0.39 is 0 Å². The first-order valence-electron chi connectivity index (χ1n) is 10.5. The van der Waals surface area contributed by atoms with Crippen molar-refractivity contribution in [2.45, 2.75) is 25.3 Å². The van der Waals surface area contributed by atoms with Gasteiger partial charge in [-0.1, -0.05) is 12.1 Å². The quantitative estimate of drug-likeness (QED) is 0.613. The van der Waals surface area contributed by atoms with Crippen LogP contribution in [0.25, 0.3) is 6.08 Å². The Bertz CT molecular complexity index is 1090. The SMILES string of the molecule is COc1ccc(/C=C2/CCCC3=C2NC(=S)N[C@H]3c2ccc(OC)c(OC)c2)cc1OC. The van der Waals surface area contributed by atoms with Gasteiger partial charge in [-0.25, -0.2) is 0 Å². The van der Waals surface area contributed by atoms with Gasteiger partial charge < -0.3 is 29.6 Å². The maximum atomic E-state index is 5.57. The van der Waals surface area contributed by atoms with Crippen LogP contribution in [0, 0.1) is 0 Å². The zero-order chi connectivity index (χ0) is 22.7. The summed E-state index contributed by atoms with van der Waals surface area (Å²) < 4.78 is 21.8. The Balaban J connectivity index is 1.75. The fraction of sp³-hybridized carbons (Fsp3) is 0.320. The van der Waals surface area contributed by atoms with Crippen molar-refractivity contribution in [3.05, 3.63) is 64.4 Å². The number of hydrogen-bond acceptors (Lipinski definition) is 5. The molecule has 0 unspecified atom stereocenters. The molecule has 2 aromatic rings. The summed E-state index contributed by atoms with van der Waals surface area (Å²) >= 11 is 5.57. The lowest BCUT2D eigenvalue weighted by molar-refractivity contribution is 0.354. The van der Waals surface area contributed by atoms with Crippen LogP contribution < -0.4 is 29.6 Å². The highest BCUT2D eigenvalue weighted by atomic mass is 32.1. The molecule has 2 aliphatic rings. The zero-order valence-electron chi connectivity index (χ0n) is 18.8. The van der Waals surface area contributed by atoms with Gasteiger partial charge >= 0.3 is 0 Å². The first kappa shape index (κ1) is 22.0. The van der Waals surface area contributed by atoms with Crippen LogP contribution in [0.1, 0.15) is 36.4 Å². The molecule has 0 amide bonds. The molecule has 0 saturated carbocycles. The molecular formula is C25H28N2O4S. The Hall–Kier alpha value is -3.19. The number of thiocarbonyl (C=S) groups is 1. The van der Waals surface area contributed by atoms with Crippen LogP contribution >= 0.6 is 12.2 Å². The molecule has 1 heterocycles. The molecule has 1 aliphatic heterocycles. The lowest BCUT2D eigenvalue weighted by Gasteiger charge is -2.36. The van der Waals surface area contributed by atoms with Crippen molar-refractivity contribution in [3.63, 3.8) is 0 Å². The topological polar surface area (TPSA) is 61.0 Å². The van der Waals surface area contributed by atoms with Crippen LogP contribution in [0.5, 0.6) is 23.0 Å². The minimum atomic E-state index is -0.0207. The highest BCUT2D eigenvalue weighted by Crippen LogP contribution is 2.41. The van der Waals surface area contributed by atoms with E-state index in [-0.39, 0.29) is 6.04 Å². The molecule has 1 atom stereocenters. The van der Waals surface area contributed by atoms with E-state index in [0.717, 1.165) is 36.1 Å². The summed E-state index contributed by atoms with van der Waals surface area (Å²) in [5, 5.41) is 7.47. The molecule has 32 heavy (non-hydrogen) atoms. The van der Waals surface area contributed by atoms with Gasteiger partial charge in [0.2, 0.25) is 0 Å². The molecule has 7 heteroatoms. The van der Waals surface area contributed by atoms with Gasteiger partial charge in [0.05, 0.1) is 34.5 Å². The minimum absolute atomic E-state index is 0.0207. The molecule has 1 aliphatic carbocycles. The smallest absolute Gasteiger partial charge is 0.171 e. The van der Waals surface area contributed by atoms with Gasteiger partial charge in [0.1, 0.15) is 0 Å². The molecule has 4 rings (SSSR count). The average molecular weight is 453 g/mol. The fourth-order valence-electron chi connectivity index (χ4n) is 4.35. The molecule has 0 bridgehead atoms. The second-order valence-electron chi connectivity index (χ2n) is 7.68. The standard InChI is InChI=1S/C25H28N2O4S/c1-28-19-10-8-15(13-21(19)30-3)12-16-6-5-7-18-23(16)26-25(32)27-24(18)17-9-11-20(29-2)22(14-17)31-4/h8-14,24H,5-7H2,1-4H3,(H2,26,27,32)/b16-12-/t24-/m0/s1. The summed E-state index contributed by atoms with van der Waals surface area (Å²) in [5.41, 5.74) is 5.78. The van der Waals surface area contributed by atoms with Crippen molar-refractivity contribution in [1.82, 2.24) is 10.6 Å². The van der Waals surface area contributed by atoms with Gasteiger partial charge in [-0.2, -0.15) is 0 Å². The van der Waals surface area contributed by atoms with Gasteiger partial charge in [0.25, 0.3) is 0 Å². The van der Waals surface area contributed by atoms with E-state index in [4.69, 9.17) is 31.2 Å². The summed E-state index contributed by atoms with van der Waals surface area (Å²) in [7, 11) is 6.58. The average Bonchev–Trinajstić information content (AvgIpc) is 2.83. The predicted molar refractivity (Wildman–Crippen MR) is 130 cm³/mol. The van der Waals surface area contributed by atoms with Crippen LogP contribution in [-0.4, -0.2) is 33.6 Å². The Kier molecular flexibility index (Phi) is 6.55. The number of benzene rings is 2. The van der Waals surface area contributed by atoms with Gasteiger partial charge in [0, 0.05) is 5.70 Å². The Morgan fingerprint density at radius 1 is 0.844 bits per heavy atom. The third-order valence-corrected chi connectivity index (χ3v) is 6.11. The summed E-state index contributed by atoms with van der Waals surface area (Å²) in [6.45, 7) is 0. The lowest BCUT2D eigenvalue weighted by atomic mass is 9.83. The number of allylic oxidation sites excluding steroid dienone is 1. The summed E-state index contributed by atoms with van der Waals surface area (Å²) in [5.74, 6) is 2.84. The van der Waals surface area contributed by atoms with Crippen molar-refractivity contribution in [3.8, 4) is 23.0 Å². The van der Waals surface area contributed by atoms with Crippen molar-refractivity contribution < 1.29 is 18.9 Å². The Morgan fingerprint density at radius 3 is 2.19 bits per heavy atom. The van der Waals surface area contributed by atoms with Crippen LogP contribution in [-0.2, 0) is 0 Å². The van der Waals surface area contributed by atoms with Crippen LogP contribution in [0.3, 0.4) is 0 Å². The number of methoxy groups -OCH3 is 4. The number of rotatable bonds is 6. The third kappa shape index (κ3) is 4.25. The maximum absolute atomic E-state index is 5.57. The van der Waals surface area contributed by atoms with Crippen molar-refractivity contribution in [2.24, 2.45) is 0 Å². The van der Waals surface area contributed by atoms with Gasteiger partial charge in [0.15, 0.2) is 28.1 Å². The molecule has 6 nitrogen and oxygen atoms in total. The van der Waals surface area contributed by atoms with Crippen molar-refractivity contribution in [2.75, 3.05) is 28.4 Å². The molecule has 2 N–H and O–H groups in total. The highest BCUT2D eigenvalue weighted by molar-refractivity contribution is 7.80. The molecule has 168 valence electrons. The first-order valence-corrected chi connectivity index (χ1v) is 10.9. The van der Waals surface area contributed by atoms with Gasteiger partial charge in [-0.05, 0) is 84.1 Å².